The Bertz CT molecular complexity index is 1350. The molecular formula is C42H96N20O6S5. The molecule has 0 heterocycles. The molecule has 0 rings (SSSR count). The summed E-state index contributed by atoms with van der Waals surface area (Å²) in [6.45, 7) is 6.09. The fourth-order valence-corrected chi connectivity index (χ4v) is 6.72. The molecule has 4 atom stereocenters. The van der Waals surface area contributed by atoms with Crippen LogP contribution in [0.3, 0.4) is 0 Å². The fraction of sp³-hybridized carbons (Fsp3) is 0.810. The second-order valence-corrected chi connectivity index (χ2v) is 18.8. The van der Waals surface area contributed by atoms with Gasteiger partial charge in [0.25, 0.3) is 0 Å². The minimum absolute atomic E-state index is 0.0939. The summed E-state index contributed by atoms with van der Waals surface area (Å²) in [5, 5.41) is 31.2. The van der Waals surface area contributed by atoms with Crippen molar-refractivity contribution in [2.24, 2.45) is 65.8 Å². The van der Waals surface area contributed by atoms with E-state index in [0.29, 0.717) is 132 Å². The van der Waals surface area contributed by atoms with Crippen molar-refractivity contribution < 1.29 is 29.0 Å². The zero-order valence-corrected chi connectivity index (χ0v) is 48.1. The zero-order chi connectivity index (χ0) is 55.9. The largest absolute Gasteiger partial charge is 0.396 e. The molecule has 0 aliphatic rings. The van der Waals surface area contributed by atoms with Crippen molar-refractivity contribution >= 4 is 109 Å². The highest BCUT2D eigenvalue weighted by atomic mass is 32.2. The summed E-state index contributed by atoms with van der Waals surface area (Å²) in [4.78, 5) is 61.2. The van der Waals surface area contributed by atoms with Crippen LogP contribution in [0.25, 0.3) is 0 Å². The maximum Gasteiger partial charge on any atom is 0.236 e. The van der Waals surface area contributed by atoms with Gasteiger partial charge < -0.3 is 98.2 Å². The van der Waals surface area contributed by atoms with Crippen molar-refractivity contribution in [1.29, 1.82) is 0 Å². The molecule has 26 nitrogen and oxygen atoms in total. The van der Waals surface area contributed by atoms with Gasteiger partial charge in [-0.05, 0) is 57.1 Å². The molecule has 0 aromatic rings. The lowest BCUT2D eigenvalue weighted by molar-refractivity contribution is -0.123. The van der Waals surface area contributed by atoms with Crippen molar-refractivity contribution in [3.63, 3.8) is 0 Å². The van der Waals surface area contributed by atoms with Crippen LogP contribution in [-0.4, -0.2) is 217 Å². The van der Waals surface area contributed by atoms with E-state index in [4.69, 9.17) is 55.7 Å². The van der Waals surface area contributed by atoms with Crippen LogP contribution in [0, 0.1) is 0 Å². The monoisotopic (exact) mass is 1140 g/mol. The number of aliphatic imine (C=N–C) groups is 4. The molecule has 0 aromatic heterocycles. The number of guanidine groups is 4. The molecular weight excluding hydrogens is 1040 g/mol. The number of ether oxygens (including phenoxy) is 1. The molecule has 0 fully saturated rings. The third kappa shape index (κ3) is 56.0. The van der Waals surface area contributed by atoms with Gasteiger partial charge in [-0.25, -0.2) is 0 Å². The van der Waals surface area contributed by atoms with Gasteiger partial charge in [0.2, 0.25) is 23.6 Å². The molecule has 0 saturated heterocycles. The quantitative estimate of drug-likeness (QED) is 0.0120. The second kappa shape index (κ2) is 57.7. The average Bonchev–Trinajstić information content (AvgIpc) is 3.39. The number of amides is 4. The van der Waals surface area contributed by atoms with Crippen molar-refractivity contribution in [3.05, 3.63) is 0 Å². The van der Waals surface area contributed by atoms with Crippen molar-refractivity contribution in [2.75, 3.05) is 141 Å². The first-order valence-corrected chi connectivity index (χ1v) is 28.3. The Kier molecular flexibility index (Phi) is 60.1. The van der Waals surface area contributed by atoms with Crippen molar-refractivity contribution in [3.8, 4) is 0 Å². The van der Waals surface area contributed by atoms with E-state index in [1.54, 1.807) is 51.7 Å². The van der Waals surface area contributed by atoms with Gasteiger partial charge in [0.05, 0.1) is 44.0 Å². The summed E-state index contributed by atoms with van der Waals surface area (Å²) < 4.78 is 5.18. The van der Waals surface area contributed by atoms with Crippen LogP contribution in [0.2, 0.25) is 0 Å². The van der Waals surface area contributed by atoms with Crippen LogP contribution in [0.1, 0.15) is 51.4 Å². The molecule has 0 aliphatic carbocycles. The minimum atomic E-state index is -0.508. The number of aliphatic hydroxyl groups excluding tert-OH is 1. The maximum atomic E-state index is 11.6. The number of carbonyl (C=O) groups is 4. The number of rotatable bonds is 37. The Balaban J connectivity index is -0.000000436. The number of hydrogen-bond acceptors (Lipinski definition) is 19. The zero-order valence-electron chi connectivity index (χ0n) is 43.7. The topological polar surface area (TPSA) is 452 Å². The summed E-state index contributed by atoms with van der Waals surface area (Å²) in [5.41, 5.74) is 44.8. The van der Waals surface area contributed by atoms with Gasteiger partial charge >= 0.3 is 0 Å². The molecule has 430 valence electrons. The standard InChI is InChI=1S/2C11H25N5O2S.C11H25N5OS2.C9H21N5OS/c1-14-11(13)16-4-2-3-9(12)10(18)15-5-7-19-8-6-17;1-14-11(13)16-4-2-3-9(12)10(17)15-5-6-18-7-8-19;1-14-11(13)16-4-2-3-9(12)10(17)15-5-7-19-8-6-18;1-12-9(11)14-4-2-3-7(10)8(15)13-5-6-16/h9,17H,2-8,12H2,1H3,(H,15,18)(H3,13,14,16);9,19H,2-8,12H2,1H3,(H,15,17)(H3,13,14,16);9,18H,2-8,12H2,1H3,(H,15,17)(H3,13,14,16);7,16H,2-6,10H2,1H3,(H,13,15)(H3,11,12,14). The SMILES string of the molecule is CN=C(N)NCCCC(N)C(=O)NCCOCCS.CN=C(N)NCCCC(N)C(=O)NCCS.CN=C(N)NCCCC(N)C(=O)NCCSCCO.CN=C(N)NCCCC(N)C(=O)NCCSCCS. The number of aliphatic hydroxyl groups is 1. The van der Waals surface area contributed by atoms with Crippen LogP contribution in [0.15, 0.2) is 20.0 Å². The molecule has 73 heavy (non-hydrogen) atoms. The van der Waals surface area contributed by atoms with Crippen molar-refractivity contribution in [2.45, 2.75) is 75.5 Å². The highest BCUT2D eigenvalue weighted by molar-refractivity contribution is 8.00. The molecule has 31 heteroatoms. The summed E-state index contributed by atoms with van der Waals surface area (Å²) in [6, 6.07) is -1.94. The number of nitrogens with one attached hydrogen (secondary N) is 8. The summed E-state index contributed by atoms with van der Waals surface area (Å²) in [6.07, 6.45) is 5.48. The molecule has 0 radical (unpaired) electrons. The third-order valence-electron chi connectivity index (χ3n) is 9.06. The van der Waals surface area contributed by atoms with Crippen LogP contribution in [0.5, 0.6) is 0 Å². The third-order valence-corrected chi connectivity index (χ3v) is 11.9. The van der Waals surface area contributed by atoms with E-state index >= 15 is 0 Å². The molecule has 0 aliphatic heterocycles. The lowest BCUT2D eigenvalue weighted by Gasteiger charge is -2.12. The number of carbonyl (C=O) groups excluding carboxylic acids is 4. The number of hydrogen-bond donors (Lipinski definition) is 20. The Morgan fingerprint density at radius 2 is 0.753 bits per heavy atom. The highest BCUT2D eigenvalue weighted by Crippen LogP contribution is 2.00. The van der Waals surface area contributed by atoms with E-state index in [0.717, 1.165) is 48.7 Å². The molecule has 4 amide bonds. The number of nitrogens with two attached hydrogens (primary N) is 8. The molecule has 4 unspecified atom stereocenters. The molecule has 25 N–H and O–H groups in total. The first-order chi connectivity index (χ1) is 35.0. The highest BCUT2D eigenvalue weighted by Gasteiger charge is 2.15. The van der Waals surface area contributed by atoms with Crippen LogP contribution < -0.4 is 88.4 Å². The number of thiol groups is 3. The van der Waals surface area contributed by atoms with Gasteiger partial charge in [-0.1, -0.05) is 0 Å². The van der Waals surface area contributed by atoms with Gasteiger partial charge in [0, 0.05) is 115 Å². The first kappa shape index (κ1) is 76.0. The Morgan fingerprint density at radius 1 is 0.438 bits per heavy atom. The first-order valence-electron chi connectivity index (χ1n) is 24.1. The van der Waals surface area contributed by atoms with Crippen LogP contribution in [-0.2, 0) is 23.9 Å². The predicted molar refractivity (Wildman–Crippen MR) is 317 cm³/mol. The van der Waals surface area contributed by atoms with Crippen molar-refractivity contribution in [1.82, 2.24) is 42.5 Å². The predicted octanol–water partition coefficient (Wildman–Crippen LogP) is -4.76. The van der Waals surface area contributed by atoms with Gasteiger partial charge in [0.1, 0.15) is 0 Å². The van der Waals surface area contributed by atoms with E-state index in [2.05, 4.69) is 100 Å². The molecule has 0 saturated carbocycles. The van der Waals surface area contributed by atoms with Crippen LogP contribution in [0.4, 0.5) is 0 Å². The van der Waals surface area contributed by atoms with E-state index in [-0.39, 0.29) is 30.2 Å². The number of thioether (sulfide) groups is 2. The maximum absolute atomic E-state index is 11.6. The summed E-state index contributed by atoms with van der Waals surface area (Å²) >= 11 is 15.5. The molecule has 0 aromatic carbocycles. The van der Waals surface area contributed by atoms with Gasteiger partial charge in [-0.15, -0.1) is 0 Å². The van der Waals surface area contributed by atoms with Gasteiger partial charge in [-0.3, -0.25) is 39.1 Å². The van der Waals surface area contributed by atoms with E-state index in [1.165, 1.54) is 0 Å². The Hall–Kier alpha value is -3.53. The minimum Gasteiger partial charge on any atom is -0.396 e. The second-order valence-electron chi connectivity index (χ2n) is 15.0. The molecule has 0 bridgehead atoms. The lowest BCUT2D eigenvalue weighted by atomic mass is 10.1. The fourth-order valence-electron chi connectivity index (χ4n) is 4.94. The Morgan fingerprint density at radius 3 is 1.04 bits per heavy atom. The smallest absolute Gasteiger partial charge is 0.236 e. The van der Waals surface area contributed by atoms with Gasteiger partial charge in [0.15, 0.2) is 23.8 Å². The Labute approximate surface area is 460 Å². The van der Waals surface area contributed by atoms with E-state index < -0.39 is 24.2 Å². The average molecular weight is 1140 g/mol. The summed E-state index contributed by atoms with van der Waals surface area (Å²) in [5.74, 6) is 6.55. The lowest BCUT2D eigenvalue weighted by Crippen LogP contribution is -2.42. The van der Waals surface area contributed by atoms with E-state index in [9.17, 15) is 19.2 Å². The number of nitrogens with zero attached hydrogens (tertiary/aromatic N) is 4. The summed E-state index contributed by atoms with van der Waals surface area (Å²) in [7, 11) is 6.44. The normalized spacial score (nSPS) is 13.2. The van der Waals surface area contributed by atoms with Gasteiger partial charge in [-0.2, -0.15) is 61.4 Å². The van der Waals surface area contributed by atoms with E-state index in [1.807, 2.05) is 0 Å². The van der Waals surface area contributed by atoms with Crippen LogP contribution >= 0.6 is 61.4 Å². The molecule has 0 spiro atoms.